The van der Waals surface area contributed by atoms with Gasteiger partial charge in [0.1, 0.15) is 0 Å². The molecule has 0 radical (unpaired) electrons. The first-order valence-electron chi connectivity index (χ1n) is 19.6. The summed E-state index contributed by atoms with van der Waals surface area (Å²) in [6, 6.07) is 72.3. The molecule has 0 fully saturated rings. The maximum atomic E-state index is 5.59. The minimum absolute atomic E-state index is 0.636. The molecule has 2 heterocycles. The van der Waals surface area contributed by atoms with Gasteiger partial charge in [-0.1, -0.05) is 200 Å². The molecule has 0 saturated carbocycles. The molecule has 58 heavy (non-hydrogen) atoms. The van der Waals surface area contributed by atoms with Crippen LogP contribution in [-0.4, -0.2) is 19.9 Å². The average Bonchev–Trinajstić information content (AvgIpc) is 3.31. The van der Waals surface area contributed by atoms with Crippen molar-refractivity contribution >= 4 is 43.2 Å². The molecule has 0 bridgehead atoms. The van der Waals surface area contributed by atoms with Crippen LogP contribution in [0.25, 0.3) is 111 Å². The van der Waals surface area contributed by atoms with Gasteiger partial charge in [-0.25, -0.2) is 19.9 Å². The second kappa shape index (κ2) is 14.0. The molecule has 0 aliphatic carbocycles. The van der Waals surface area contributed by atoms with E-state index in [9.17, 15) is 0 Å². The number of benzene rings is 9. The molecule has 9 aromatic carbocycles. The molecule has 11 rings (SSSR count). The number of pyridine rings is 1. The lowest BCUT2D eigenvalue weighted by Gasteiger charge is -2.16. The molecule has 0 aliphatic rings. The molecule has 11 aromatic rings. The Balaban J connectivity index is 1.04. The first-order chi connectivity index (χ1) is 28.7. The van der Waals surface area contributed by atoms with Gasteiger partial charge in [0.15, 0.2) is 17.5 Å². The Morgan fingerprint density at radius 3 is 1.45 bits per heavy atom. The summed E-state index contributed by atoms with van der Waals surface area (Å²) in [4.78, 5) is 20.3. The fourth-order valence-electron chi connectivity index (χ4n) is 8.28. The average molecular weight is 739 g/mol. The molecule has 0 saturated heterocycles. The minimum Gasteiger partial charge on any atom is -0.246 e. The summed E-state index contributed by atoms with van der Waals surface area (Å²) in [6.45, 7) is 0. The van der Waals surface area contributed by atoms with Gasteiger partial charge in [0, 0.05) is 44.0 Å². The van der Waals surface area contributed by atoms with Crippen LogP contribution in [0.1, 0.15) is 0 Å². The lowest BCUT2D eigenvalue weighted by Crippen LogP contribution is -2.00. The smallest absolute Gasteiger partial charge is 0.164 e. The van der Waals surface area contributed by atoms with Gasteiger partial charge in [0.25, 0.3) is 0 Å². The van der Waals surface area contributed by atoms with E-state index in [4.69, 9.17) is 19.9 Å². The molecule has 0 amide bonds. The van der Waals surface area contributed by atoms with Crippen molar-refractivity contribution in [2.75, 3.05) is 0 Å². The summed E-state index contributed by atoms with van der Waals surface area (Å²) in [5.41, 5.74) is 10.4. The number of nitrogens with zero attached hydrogens (tertiary/aromatic N) is 4. The molecule has 4 heteroatoms. The van der Waals surface area contributed by atoms with Crippen LogP contribution in [0.15, 0.2) is 206 Å². The second-order valence-corrected chi connectivity index (χ2v) is 14.6. The molecule has 0 unspecified atom stereocenters. The van der Waals surface area contributed by atoms with Crippen molar-refractivity contribution in [1.82, 2.24) is 19.9 Å². The Morgan fingerprint density at radius 1 is 0.259 bits per heavy atom. The van der Waals surface area contributed by atoms with Gasteiger partial charge in [-0.2, -0.15) is 0 Å². The standard InChI is InChI=1S/C54H34N4/c1-3-16-38(17-4-1)52-56-53(39-18-5-2-6-19-39)58-54(57-52)40-30-28-35(29-31-40)41-21-11-22-42(34-41)45-25-13-27-47-49-44-24-10-8-15-37(44)32-33-48(49)51(55-50(45)47)46-26-12-20-36-14-7-9-23-43(36)46/h1-34H. The summed E-state index contributed by atoms with van der Waals surface area (Å²) in [7, 11) is 0. The summed E-state index contributed by atoms with van der Waals surface area (Å²) < 4.78 is 0. The third kappa shape index (κ3) is 5.87. The van der Waals surface area contributed by atoms with Crippen molar-refractivity contribution in [3.63, 3.8) is 0 Å². The second-order valence-electron chi connectivity index (χ2n) is 14.6. The summed E-state index contributed by atoms with van der Waals surface area (Å²) in [6.07, 6.45) is 0. The Bertz CT molecular complexity index is 3260. The van der Waals surface area contributed by atoms with Crippen LogP contribution in [0.4, 0.5) is 0 Å². The zero-order chi connectivity index (χ0) is 38.4. The van der Waals surface area contributed by atoms with E-state index in [1.807, 2.05) is 60.7 Å². The van der Waals surface area contributed by atoms with Crippen molar-refractivity contribution in [3.8, 4) is 67.7 Å². The quantitative estimate of drug-likeness (QED) is 0.159. The van der Waals surface area contributed by atoms with Gasteiger partial charge in [-0.15, -0.1) is 0 Å². The largest absolute Gasteiger partial charge is 0.246 e. The van der Waals surface area contributed by atoms with E-state index in [1.165, 1.54) is 26.9 Å². The Kier molecular flexibility index (Phi) is 8.11. The predicted molar refractivity (Wildman–Crippen MR) is 240 cm³/mol. The van der Waals surface area contributed by atoms with Crippen molar-refractivity contribution in [2.45, 2.75) is 0 Å². The van der Waals surface area contributed by atoms with Crippen LogP contribution in [0.5, 0.6) is 0 Å². The van der Waals surface area contributed by atoms with Crippen molar-refractivity contribution in [3.05, 3.63) is 206 Å². The van der Waals surface area contributed by atoms with Gasteiger partial charge >= 0.3 is 0 Å². The predicted octanol–water partition coefficient (Wildman–Crippen LogP) is 13.9. The van der Waals surface area contributed by atoms with Gasteiger partial charge in [0.05, 0.1) is 11.2 Å². The third-order valence-corrected chi connectivity index (χ3v) is 11.1. The SMILES string of the molecule is c1ccc(-c2nc(-c3ccccc3)nc(-c3ccc(-c4cccc(-c5cccc6c5nc(-c5cccc7ccccc57)c5ccc7ccccc7c56)c4)cc3)n2)cc1. The number of rotatable bonds is 6. The third-order valence-electron chi connectivity index (χ3n) is 11.1. The van der Waals surface area contributed by atoms with E-state index < -0.39 is 0 Å². The minimum atomic E-state index is 0.636. The highest BCUT2D eigenvalue weighted by molar-refractivity contribution is 6.24. The molecule has 0 atom stereocenters. The fraction of sp³-hybridized carbons (Fsp3) is 0. The van der Waals surface area contributed by atoms with E-state index in [-0.39, 0.29) is 0 Å². The molecule has 0 spiro atoms. The highest BCUT2D eigenvalue weighted by Gasteiger charge is 2.18. The lowest BCUT2D eigenvalue weighted by atomic mass is 9.91. The molecule has 2 aromatic heterocycles. The van der Waals surface area contributed by atoms with E-state index in [1.54, 1.807) is 0 Å². The summed E-state index contributed by atoms with van der Waals surface area (Å²) in [5, 5.41) is 8.36. The summed E-state index contributed by atoms with van der Waals surface area (Å²) in [5.74, 6) is 1.93. The highest BCUT2D eigenvalue weighted by Crippen LogP contribution is 2.42. The molecule has 4 nitrogen and oxygen atoms in total. The number of para-hydroxylation sites is 1. The van der Waals surface area contributed by atoms with Crippen LogP contribution in [-0.2, 0) is 0 Å². The zero-order valence-electron chi connectivity index (χ0n) is 31.4. The number of hydrogen-bond acceptors (Lipinski definition) is 4. The molecular weight excluding hydrogens is 705 g/mol. The van der Waals surface area contributed by atoms with Crippen molar-refractivity contribution < 1.29 is 0 Å². The maximum Gasteiger partial charge on any atom is 0.164 e. The maximum absolute atomic E-state index is 5.59. The van der Waals surface area contributed by atoms with E-state index in [0.29, 0.717) is 17.5 Å². The van der Waals surface area contributed by atoms with Crippen LogP contribution in [0.2, 0.25) is 0 Å². The van der Waals surface area contributed by atoms with Gasteiger partial charge in [0.2, 0.25) is 0 Å². The molecular formula is C54H34N4. The Labute approximate surface area is 335 Å². The van der Waals surface area contributed by atoms with Crippen LogP contribution < -0.4 is 0 Å². The van der Waals surface area contributed by atoms with E-state index in [0.717, 1.165) is 66.5 Å². The summed E-state index contributed by atoms with van der Waals surface area (Å²) >= 11 is 0. The first kappa shape index (κ1) is 33.5. The van der Waals surface area contributed by atoms with Gasteiger partial charge < -0.3 is 0 Å². The van der Waals surface area contributed by atoms with E-state index in [2.05, 4.69) is 146 Å². The van der Waals surface area contributed by atoms with Crippen LogP contribution in [0.3, 0.4) is 0 Å². The Hall–Kier alpha value is -7.82. The highest BCUT2D eigenvalue weighted by atomic mass is 15.0. The monoisotopic (exact) mass is 738 g/mol. The number of aromatic nitrogens is 4. The zero-order valence-corrected chi connectivity index (χ0v) is 31.4. The lowest BCUT2D eigenvalue weighted by molar-refractivity contribution is 1.07. The van der Waals surface area contributed by atoms with Crippen molar-refractivity contribution in [1.29, 1.82) is 0 Å². The topological polar surface area (TPSA) is 51.6 Å². The number of fused-ring (bicyclic) bond motifs is 6. The van der Waals surface area contributed by atoms with E-state index >= 15 is 0 Å². The van der Waals surface area contributed by atoms with Gasteiger partial charge in [-0.3, -0.25) is 0 Å². The van der Waals surface area contributed by atoms with Gasteiger partial charge in [-0.05, 0) is 44.3 Å². The first-order valence-corrected chi connectivity index (χ1v) is 19.6. The fourth-order valence-corrected chi connectivity index (χ4v) is 8.28. The number of hydrogen-bond donors (Lipinski definition) is 0. The normalized spacial score (nSPS) is 11.4. The Morgan fingerprint density at radius 2 is 0.741 bits per heavy atom. The molecule has 270 valence electrons. The molecule has 0 N–H and O–H groups in total. The van der Waals surface area contributed by atoms with Crippen molar-refractivity contribution in [2.24, 2.45) is 0 Å². The molecule has 0 aliphatic heterocycles. The van der Waals surface area contributed by atoms with Crippen LogP contribution >= 0.6 is 0 Å². The van der Waals surface area contributed by atoms with Crippen LogP contribution in [0, 0.1) is 0 Å².